The molecule has 2 atom stereocenters. The average molecular weight is 488 g/mol. The van der Waals surface area contributed by atoms with E-state index in [2.05, 4.69) is 15.0 Å². The number of aromatic nitrogens is 4. The van der Waals surface area contributed by atoms with E-state index in [0.717, 1.165) is 12.8 Å². The summed E-state index contributed by atoms with van der Waals surface area (Å²) in [6, 6.07) is 7.48. The molecule has 180 valence electrons. The van der Waals surface area contributed by atoms with Crippen molar-refractivity contribution < 1.29 is 22.7 Å². The molecule has 0 aliphatic carbocycles. The van der Waals surface area contributed by atoms with E-state index in [4.69, 9.17) is 4.74 Å². The van der Waals surface area contributed by atoms with Crippen LogP contribution in [0.2, 0.25) is 0 Å². The molecular formula is C23H26FN5O4S. The van der Waals surface area contributed by atoms with E-state index in [1.54, 1.807) is 29.4 Å². The summed E-state index contributed by atoms with van der Waals surface area (Å²) in [5, 5.41) is -0.247. The molecule has 4 rings (SSSR count). The zero-order valence-electron chi connectivity index (χ0n) is 19.1. The van der Waals surface area contributed by atoms with Crippen LogP contribution in [0.5, 0.6) is 0 Å². The van der Waals surface area contributed by atoms with Gasteiger partial charge in [-0.2, -0.15) is 0 Å². The van der Waals surface area contributed by atoms with Gasteiger partial charge in [-0.25, -0.2) is 28.3 Å². The van der Waals surface area contributed by atoms with Gasteiger partial charge in [-0.15, -0.1) is 0 Å². The predicted molar refractivity (Wildman–Crippen MR) is 124 cm³/mol. The quantitative estimate of drug-likeness (QED) is 0.421. The second kappa shape index (κ2) is 9.59. The van der Waals surface area contributed by atoms with Gasteiger partial charge in [0.15, 0.2) is 0 Å². The van der Waals surface area contributed by atoms with E-state index >= 15 is 0 Å². The average Bonchev–Trinajstić information content (AvgIpc) is 3.23. The molecule has 3 aromatic rings. The maximum Gasteiger partial charge on any atom is 0.411 e. The number of likely N-dealkylation sites (tertiary alicyclic amines) is 1. The molecule has 2 unspecified atom stereocenters. The van der Waals surface area contributed by atoms with Crippen LogP contribution >= 0.6 is 0 Å². The number of carbonyl (C=O) groups is 1. The standard InChI is InChI=1S/C23H26FN5O4S/c1-23(2,3)33-22(30)28-13-5-4-6-18(28)29-14-26-19(15-7-9-16(24)10-8-15)20(29)17-11-12-25-21(27-17)34(31)32/h7-12,14,18H,4-6,13H2,1-3H3,(H,31,32). The van der Waals surface area contributed by atoms with Gasteiger partial charge in [0.1, 0.15) is 17.6 Å². The molecule has 3 heterocycles. The lowest BCUT2D eigenvalue weighted by molar-refractivity contribution is -0.000905. The monoisotopic (exact) mass is 487 g/mol. The smallest absolute Gasteiger partial charge is 0.411 e. The summed E-state index contributed by atoms with van der Waals surface area (Å²) < 4.78 is 42.2. The Morgan fingerprint density at radius 3 is 2.59 bits per heavy atom. The van der Waals surface area contributed by atoms with E-state index < -0.39 is 28.9 Å². The van der Waals surface area contributed by atoms with Crippen molar-refractivity contribution in [3.63, 3.8) is 0 Å². The molecule has 9 nitrogen and oxygen atoms in total. The minimum absolute atomic E-state index is 0.247. The summed E-state index contributed by atoms with van der Waals surface area (Å²) in [6.07, 6.45) is 4.56. The molecule has 1 N–H and O–H groups in total. The summed E-state index contributed by atoms with van der Waals surface area (Å²) in [5.74, 6) is -0.381. The van der Waals surface area contributed by atoms with Crippen molar-refractivity contribution in [3.05, 3.63) is 48.7 Å². The summed E-state index contributed by atoms with van der Waals surface area (Å²) in [5.41, 5.74) is 1.38. The summed E-state index contributed by atoms with van der Waals surface area (Å²) in [7, 11) is 0. The van der Waals surface area contributed by atoms with Gasteiger partial charge >= 0.3 is 6.09 Å². The molecule has 1 saturated heterocycles. The summed E-state index contributed by atoms with van der Waals surface area (Å²) in [6.45, 7) is 5.96. The third-order valence-corrected chi connectivity index (χ3v) is 5.87. The molecule has 1 aliphatic heterocycles. The Labute approximate surface area is 199 Å². The van der Waals surface area contributed by atoms with Crippen LogP contribution in [-0.2, 0) is 15.8 Å². The normalized spacial score (nSPS) is 17.4. The molecule has 0 bridgehead atoms. The summed E-state index contributed by atoms with van der Waals surface area (Å²) in [4.78, 5) is 27.4. The Bertz CT molecular complexity index is 1210. The van der Waals surface area contributed by atoms with Crippen LogP contribution in [-0.4, -0.2) is 51.4 Å². The maximum atomic E-state index is 13.6. The molecule has 1 aliphatic rings. The number of imidazole rings is 1. The second-order valence-corrected chi connectivity index (χ2v) is 9.84. The SMILES string of the molecule is CC(C)(C)OC(=O)N1CCCCC1n1cnc(-c2ccc(F)cc2)c1-c1ccnc(S(=O)O)n1. The van der Waals surface area contributed by atoms with Crippen molar-refractivity contribution >= 4 is 17.2 Å². The van der Waals surface area contributed by atoms with Crippen molar-refractivity contribution in [1.82, 2.24) is 24.4 Å². The van der Waals surface area contributed by atoms with E-state index in [9.17, 15) is 17.9 Å². The van der Waals surface area contributed by atoms with Crippen LogP contribution in [0.1, 0.15) is 46.2 Å². The number of nitrogens with zero attached hydrogens (tertiary/aromatic N) is 5. The van der Waals surface area contributed by atoms with Gasteiger partial charge in [0.25, 0.3) is 0 Å². The minimum Gasteiger partial charge on any atom is -0.444 e. The van der Waals surface area contributed by atoms with E-state index in [1.807, 2.05) is 25.3 Å². The Kier molecular flexibility index (Phi) is 6.76. The fourth-order valence-electron chi connectivity index (χ4n) is 3.95. The maximum absolute atomic E-state index is 13.6. The van der Waals surface area contributed by atoms with Crippen LogP contribution in [0.25, 0.3) is 22.6 Å². The second-order valence-electron chi connectivity index (χ2n) is 8.98. The van der Waals surface area contributed by atoms with Gasteiger partial charge in [-0.1, -0.05) is 0 Å². The highest BCUT2D eigenvalue weighted by atomic mass is 32.2. The molecule has 1 amide bonds. The van der Waals surface area contributed by atoms with Crippen molar-refractivity contribution in [2.24, 2.45) is 0 Å². The molecule has 34 heavy (non-hydrogen) atoms. The third-order valence-electron chi connectivity index (χ3n) is 5.36. The molecule has 0 radical (unpaired) electrons. The number of ether oxygens (including phenoxy) is 1. The lowest BCUT2D eigenvalue weighted by atomic mass is 10.1. The van der Waals surface area contributed by atoms with Crippen LogP contribution in [0, 0.1) is 5.82 Å². The molecular weight excluding hydrogens is 461 g/mol. The highest BCUT2D eigenvalue weighted by Gasteiger charge is 2.34. The number of amides is 1. The van der Waals surface area contributed by atoms with E-state index in [1.165, 1.54) is 18.3 Å². The molecule has 2 aromatic heterocycles. The Balaban J connectivity index is 1.85. The highest BCUT2D eigenvalue weighted by Crippen LogP contribution is 2.37. The van der Waals surface area contributed by atoms with Gasteiger partial charge < -0.3 is 9.30 Å². The zero-order valence-corrected chi connectivity index (χ0v) is 20.0. The molecule has 0 saturated carbocycles. The summed E-state index contributed by atoms with van der Waals surface area (Å²) >= 11 is -2.38. The Morgan fingerprint density at radius 1 is 1.18 bits per heavy atom. The number of rotatable bonds is 4. The van der Waals surface area contributed by atoms with Gasteiger partial charge in [0, 0.05) is 18.3 Å². The fourth-order valence-corrected chi connectivity index (χ4v) is 4.28. The van der Waals surface area contributed by atoms with Gasteiger partial charge in [-0.05, 0) is 70.4 Å². The number of hydrogen-bond acceptors (Lipinski definition) is 6. The first kappa shape index (κ1) is 24.0. The van der Waals surface area contributed by atoms with Crippen molar-refractivity contribution in [3.8, 4) is 22.6 Å². The molecule has 0 spiro atoms. The lowest BCUT2D eigenvalue weighted by Gasteiger charge is -2.38. The first-order valence-electron chi connectivity index (χ1n) is 10.9. The van der Waals surface area contributed by atoms with Crippen LogP contribution in [0.15, 0.2) is 48.0 Å². The molecule has 11 heteroatoms. The van der Waals surface area contributed by atoms with Crippen LogP contribution in [0.3, 0.4) is 0 Å². The third kappa shape index (κ3) is 5.15. The number of carbonyl (C=O) groups excluding carboxylic acids is 1. The Hall–Kier alpha value is -3.18. The highest BCUT2D eigenvalue weighted by molar-refractivity contribution is 7.79. The number of piperidine rings is 1. The zero-order chi connectivity index (χ0) is 24.5. The largest absolute Gasteiger partial charge is 0.444 e. The van der Waals surface area contributed by atoms with Gasteiger partial charge in [0.2, 0.25) is 16.2 Å². The minimum atomic E-state index is -2.38. The van der Waals surface area contributed by atoms with Crippen molar-refractivity contribution in [2.75, 3.05) is 6.54 Å². The van der Waals surface area contributed by atoms with Crippen LogP contribution in [0.4, 0.5) is 9.18 Å². The number of benzene rings is 1. The van der Waals surface area contributed by atoms with E-state index in [-0.39, 0.29) is 11.0 Å². The molecule has 1 aromatic carbocycles. The number of halogens is 1. The fraction of sp³-hybridized carbons (Fsp3) is 0.391. The Morgan fingerprint density at radius 2 is 1.91 bits per heavy atom. The topological polar surface area (TPSA) is 110 Å². The lowest BCUT2D eigenvalue weighted by Crippen LogP contribution is -2.44. The number of hydrogen-bond donors (Lipinski definition) is 1. The van der Waals surface area contributed by atoms with Crippen molar-refractivity contribution in [1.29, 1.82) is 0 Å². The molecule has 1 fully saturated rings. The first-order chi connectivity index (χ1) is 16.1. The predicted octanol–water partition coefficient (Wildman–Crippen LogP) is 4.65. The van der Waals surface area contributed by atoms with Gasteiger partial charge in [0.05, 0.1) is 23.4 Å². The first-order valence-corrected chi connectivity index (χ1v) is 12.0. The van der Waals surface area contributed by atoms with Crippen LogP contribution < -0.4 is 0 Å². The van der Waals surface area contributed by atoms with E-state index in [0.29, 0.717) is 35.6 Å². The van der Waals surface area contributed by atoms with Crippen molar-refractivity contribution in [2.45, 2.75) is 57.0 Å². The van der Waals surface area contributed by atoms with Gasteiger partial charge in [-0.3, -0.25) is 9.45 Å².